The lowest BCUT2D eigenvalue weighted by atomic mass is 9.86. The second-order valence-corrected chi connectivity index (χ2v) is 8.22. The highest BCUT2D eigenvalue weighted by atomic mass is 16.2. The first-order valence-electron chi connectivity index (χ1n) is 10.4. The van der Waals surface area contributed by atoms with Crippen molar-refractivity contribution in [1.29, 1.82) is 0 Å². The van der Waals surface area contributed by atoms with Crippen LogP contribution >= 0.6 is 0 Å². The van der Waals surface area contributed by atoms with Crippen LogP contribution in [0.15, 0.2) is 30.3 Å². The standard InChI is InChI=1S/C22H33N3O2/c1-17-7-5-6-10-20(17)24-22(27)16-25-13-11-19(12-14-25)23-21(26)15-18-8-3-2-4-9-18/h2-4,8-9,17,19-20H,5-7,10-16H2,1H3,(H,23,26)(H,24,27)/t17-,20+/m0/s1. The molecule has 0 bridgehead atoms. The zero-order chi connectivity index (χ0) is 19.1. The van der Waals surface area contributed by atoms with Crippen LogP contribution in [0.5, 0.6) is 0 Å². The van der Waals surface area contributed by atoms with Crippen LogP contribution in [-0.4, -0.2) is 48.4 Å². The average Bonchev–Trinajstić information content (AvgIpc) is 2.66. The molecule has 1 saturated carbocycles. The topological polar surface area (TPSA) is 61.4 Å². The van der Waals surface area contributed by atoms with Gasteiger partial charge in [-0.25, -0.2) is 0 Å². The van der Waals surface area contributed by atoms with Crippen molar-refractivity contribution in [2.45, 2.75) is 64.0 Å². The summed E-state index contributed by atoms with van der Waals surface area (Å²) in [7, 11) is 0. The third kappa shape index (κ3) is 6.35. The number of carbonyl (C=O) groups is 2. The van der Waals surface area contributed by atoms with Crippen molar-refractivity contribution < 1.29 is 9.59 Å². The second-order valence-electron chi connectivity index (χ2n) is 8.22. The fourth-order valence-corrected chi connectivity index (χ4v) is 4.28. The van der Waals surface area contributed by atoms with E-state index in [1.54, 1.807) is 0 Å². The van der Waals surface area contributed by atoms with Gasteiger partial charge in [-0.2, -0.15) is 0 Å². The number of likely N-dealkylation sites (tertiary alicyclic amines) is 1. The third-order valence-electron chi connectivity index (χ3n) is 5.99. The van der Waals surface area contributed by atoms with E-state index < -0.39 is 0 Å². The lowest BCUT2D eigenvalue weighted by molar-refractivity contribution is -0.124. The minimum Gasteiger partial charge on any atom is -0.353 e. The molecule has 2 fully saturated rings. The van der Waals surface area contributed by atoms with Crippen molar-refractivity contribution >= 4 is 11.8 Å². The van der Waals surface area contributed by atoms with Gasteiger partial charge in [-0.15, -0.1) is 0 Å². The number of nitrogens with one attached hydrogen (secondary N) is 2. The molecule has 5 nitrogen and oxygen atoms in total. The highest BCUT2D eigenvalue weighted by Crippen LogP contribution is 2.23. The summed E-state index contributed by atoms with van der Waals surface area (Å²) in [5.74, 6) is 0.831. The van der Waals surface area contributed by atoms with E-state index in [2.05, 4.69) is 22.5 Å². The van der Waals surface area contributed by atoms with E-state index in [9.17, 15) is 9.59 Å². The Morgan fingerprint density at radius 2 is 1.67 bits per heavy atom. The van der Waals surface area contributed by atoms with Crippen molar-refractivity contribution in [3.05, 3.63) is 35.9 Å². The zero-order valence-electron chi connectivity index (χ0n) is 16.5. The molecular weight excluding hydrogens is 338 g/mol. The monoisotopic (exact) mass is 371 g/mol. The number of piperidine rings is 1. The van der Waals surface area contributed by atoms with Gasteiger partial charge in [-0.1, -0.05) is 50.1 Å². The molecule has 1 aliphatic carbocycles. The molecule has 0 spiro atoms. The maximum absolute atomic E-state index is 12.4. The summed E-state index contributed by atoms with van der Waals surface area (Å²) in [5.41, 5.74) is 1.04. The number of rotatable bonds is 6. The summed E-state index contributed by atoms with van der Waals surface area (Å²) in [6.45, 7) is 4.45. The summed E-state index contributed by atoms with van der Waals surface area (Å²) < 4.78 is 0. The molecule has 1 heterocycles. The van der Waals surface area contributed by atoms with E-state index in [4.69, 9.17) is 0 Å². The van der Waals surface area contributed by atoms with Gasteiger partial charge in [-0.05, 0) is 37.2 Å². The first-order chi connectivity index (χ1) is 13.1. The van der Waals surface area contributed by atoms with Crippen LogP contribution in [0, 0.1) is 5.92 Å². The molecule has 0 unspecified atom stereocenters. The van der Waals surface area contributed by atoms with Gasteiger partial charge in [0.2, 0.25) is 11.8 Å². The number of benzene rings is 1. The quantitative estimate of drug-likeness (QED) is 0.808. The first-order valence-corrected chi connectivity index (χ1v) is 10.4. The summed E-state index contributed by atoms with van der Waals surface area (Å²) in [5, 5.41) is 6.38. The Balaban J connectivity index is 1.34. The largest absolute Gasteiger partial charge is 0.353 e. The van der Waals surface area contributed by atoms with Gasteiger partial charge >= 0.3 is 0 Å². The number of hydrogen-bond acceptors (Lipinski definition) is 3. The van der Waals surface area contributed by atoms with E-state index in [1.165, 1.54) is 19.3 Å². The van der Waals surface area contributed by atoms with Gasteiger partial charge in [0.1, 0.15) is 0 Å². The molecule has 3 rings (SSSR count). The number of carbonyl (C=O) groups excluding carboxylic acids is 2. The van der Waals surface area contributed by atoms with Gasteiger partial charge in [0.25, 0.3) is 0 Å². The van der Waals surface area contributed by atoms with E-state index in [-0.39, 0.29) is 17.9 Å². The predicted octanol–water partition coefficient (Wildman–Crippen LogP) is 2.50. The van der Waals surface area contributed by atoms with Crippen LogP contribution in [-0.2, 0) is 16.0 Å². The molecule has 148 valence electrons. The summed E-state index contributed by atoms with van der Waals surface area (Å²) in [6.07, 6.45) is 7.10. The SMILES string of the molecule is C[C@H]1CCCC[C@H]1NC(=O)CN1CCC(NC(=O)Cc2ccccc2)CC1. The Morgan fingerprint density at radius 3 is 2.37 bits per heavy atom. The van der Waals surface area contributed by atoms with E-state index in [0.717, 1.165) is 37.9 Å². The molecule has 0 radical (unpaired) electrons. The molecule has 2 amide bonds. The Kier molecular flexibility index (Phi) is 7.27. The highest BCUT2D eigenvalue weighted by molar-refractivity contribution is 5.79. The third-order valence-corrected chi connectivity index (χ3v) is 5.99. The lowest BCUT2D eigenvalue weighted by Gasteiger charge is -2.33. The number of amides is 2. The Hall–Kier alpha value is -1.88. The molecule has 1 aromatic rings. The van der Waals surface area contributed by atoms with E-state index in [0.29, 0.717) is 24.9 Å². The fourth-order valence-electron chi connectivity index (χ4n) is 4.28. The molecule has 1 saturated heterocycles. The molecular formula is C22H33N3O2. The minimum atomic E-state index is 0.0867. The van der Waals surface area contributed by atoms with Gasteiger partial charge in [0.15, 0.2) is 0 Å². The van der Waals surface area contributed by atoms with Crippen molar-refractivity contribution in [2.24, 2.45) is 5.92 Å². The van der Waals surface area contributed by atoms with Crippen molar-refractivity contribution in [3.8, 4) is 0 Å². The number of hydrogen-bond donors (Lipinski definition) is 2. The maximum Gasteiger partial charge on any atom is 0.234 e. The predicted molar refractivity (Wildman–Crippen MR) is 107 cm³/mol. The minimum absolute atomic E-state index is 0.0867. The van der Waals surface area contributed by atoms with Gasteiger partial charge < -0.3 is 10.6 Å². The van der Waals surface area contributed by atoms with Crippen molar-refractivity contribution in [2.75, 3.05) is 19.6 Å². The highest BCUT2D eigenvalue weighted by Gasteiger charge is 2.25. The molecule has 2 atom stereocenters. The zero-order valence-corrected chi connectivity index (χ0v) is 16.5. The first kappa shape index (κ1) is 19.9. The van der Waals surface area contributed by atoms with Crippen molar-refractivity contribution in [3.63, 3.8) is 0 Å². The second kappa shape index (κ2) is 9.88. The van der Waals surface area contributed by atoms with Crippen LogP contribution in [0.4, 0.5) is 0 Å². The molecule has 0 aromatic heterocycles. The van der Waals surface area contributed by atoms with Crippen LogP contribution in [0.25, 0.3) is 0 Å². The lowest BCUT2D eigenvalue weighted by Crippen LogP contribution is -2.49. The molecule has 2 aliphatic rings. The fraction of sp³-hybridized carbons (Fsp3) is 0.636. The average molecular weight is 372 g/mol. The van der Waals surface area contributed by atoms with Crippen LogP contribution in [0.1, 0.15) is 51.0 Å². The summed E-state index contributed by atoms with van der Waals surface area (Å²) in [6, 6.07) is 10.4. The van der Waals surface area contributed by atoms with Crippen LogP contribution in [0.3, 0.4) is 0 Å². The maximum atomic E-state index is 12.4. The smallest absolute Gasteiger partial charge is 0.234 e. The van der Waals surface area contributed by atoms with Gasteiger partial charge in [0, 0.05) is 25.2 Å². The Labute approximate surface area is 162 Å². The van der Waals surface area contributed by atoms with Crippen LogP contribution in [0.2, 0.25) is 0 Å². The summed E-state index contributed by atoms with van der Waals surface area (Å²) >= 11 is 0. The van der Waals surface area contributed by atoms with E-state index in [1.807, 2.05) is 30.3 Å². The van der Waals surface area contributed by atoms with Crippen molar-refractivity contribution in [1.82, 2.24) is 15.5 Å². The van der Waals surface area contributed by atoms with Gasteiger partial charge in [-0.3, -0.25) is 14.5 Å². The molecule has 5 heteroatoms. The molecule has 27 heavy (non-hydrogen) atoms. The van der Waals surface area contributed by atoms with Gasteiger partial charge in [0.05, 0.1) is 13.0 Å². The molecule has 1 aromatic carbocycles. The summed E-state index contributed by atoms with van der Waals surface area (Å²) in [4.78, 5) is 26.8. The van der Waals surface area contributed by atoms with Crippen LogP contribution < -0.4 is 10.6 Å². The molecule has 2 N–H and O–H groups in total. The molecule has 1 aliphatic heterocycles. The van der Waals surface area contributed by atoms with E-state index >= 15 is 0 Å². The Bertz CT molecular complexity index is 611. The normalized spacial score (nSPS) is 24.3. The Morgan fingerprint density at radius 1 is 0.963 bits per heavy atom. The number of nitrogens with zero attached hydrogens (tertiary/aromatic N) is 1.